The molecule has 0 saturated carbocycles. The van der Waals surface area contributed by atoms with Gasteiger partial charge in [-0.1, -0.05) is 64.3 Å². The quantitative estimate of drug-likeness (QED) is 0.528. The minimum Gasteiger partial charge on any atom is -0.0776 e. The van der Waals surface area contributed by atoms with Gasteiger partial charge in [0, 0.05) is 20.5 Å². The second kappa shape index (κ2) is 10.7. The molecule has 0 spiro atoms. The van der Waals surface area contributed by atoms with Crippen molar-refractivity contribution in [3.63, 3.8) is 0 Å². The van der Waals surface area contributed by atoms with Crippen LogP contribution in [0.3, 0.4) is 0 Å². The Balaban J connectivity index is -0.0000000800. The van der Waals surface area contributed by atoms with Crippen LogP contribution in [0.4, 0.5) is 0 Å². The molecule has 0 atom stereocenters. The van der Waals surface area contributed by atoms with Gasteiger partial charge in [0.15, 0.2) is 0 Å². The second-order valence-electron chi connectivity index (χ2n) is 2.16. The minimum atomic E-state index is 0. The van der Waals surface area contributed by atoms with Gasteiger partial charge in [-0.05, 0) is 0 Å². The van der Waals surface area contributed by atoms with Crippen LogP contribution < -0.4 is 10.4 Å². The Labute approximate surface area is 85.3 Å². The predicted molar refractivity (Wildman–Crippen MR) is 72.5 cm³/mol. The first-order chi connectivity index (χ1) is 3.79. The van der Waals surface area contributed by atoms with Crippen LogP contribution in [0.25, 0.3) is 0 Å². The summed E-state index contributed by atoms with van der Waals surface area (Å²) in [6, 6.07) is 8.81. The van der Waals surface area contributed by atoms with Gasteiger partial charge in [-0.25, -0.2) is 0 Å². The number of rotatable bonds is 0. The molecule has 0 bridgehead atoms. The van der Waals surface area contributed by atoms with Crippen LogP contribution in [0.5, 0.6) is 0 Å². The van der Waals surface area contributed by atoms with Crippen LogP contribution in [-0.4, -0.2) is 20.5 Å². The van der Waals surface area contributed by atoms with E-state index in [1.165, 1.54) is 30.9 Å². The van der Waals surface area contributed by atoms with Gasteiger partial charge in [-0.2, -0.15) is 0 Å². The van der Waals surface area contributed by atoms with E-state index >= 15 is 0 Å². The summed E-state index contributed by atoms with van der Waals surface area (Å²) in [5.41, 5.74) is 0. The van der Waals surface area contributed by atoms with E-state index in [0.717, 1.165) is 0 Å². The van der Waals surface area contributed by atoms with Crippen LogP contribution in [0.1, 0.15) is 29.7 Å². The summed E-state index contributed by atoms with van der Waals surface area (Å²) in [7, 11) is 2.39. The van der Waals surface area contributed by atoms with Gasteiger partial charge in [-0.15, -0.1) is 0 Å². The highest BCUT2D eigenvalue weighted by Crippen LogP contribution is 1.73. The Morgan fingerprint density at radius 1 is 0.750 bits per heavy atom. The molecule has 0 nitrogen and oxygen atoms in total. The molecule has 0 fully saturated rings. The molecule has 0 radical (unpaired) electrons. The average Bonchev–Trinajstić information content (AvgIpc) is 1.64. The maximum absolute atomic E-state index is 2.29. The summed E-state index contributed by atoms with van der Waals surface area (Å²) in [5.74, 6) is 0. The summed E-state index contributed by atoms with van der Waals surface area (Å²) >= 11 is 0. The van der Waals surface area contributed by atoms with Crippen LogP contribution in [0.2, 0.25) is 0 Å². The first kappa shape index (κ1) is 22.6. The molecule has 0 aliphatic rings. The van der Waals surface area contributed by atoms with Crippen molar-refractivity contribution in [2.45, 2.75) is 29.7 Å². The van der Waals surface area contributed by atoms with E-state index in [1.807, 2.05) is 0 Å². The molecule has 0 amide bonds. The smallest absolute Gasteiger partial charge is 0.0384 e. The first-order valence-electron chi connectivity index (χ1n) is 2.82. The molecule has 1 rings (SSSR count). The van der Waals surface area contributed by atoms with E-state index < -0.39 is 0 Å². The fraction of sp³-hybridized carbons (Fsp3) is 0.400. The molecule has 0 unspecified atom stereocenters. The molecule has 0 N–H and O–H groups in total. The maximum atomic E-state index is 2.29. The molecule has 1 aromatic rings. The monoisotopic (exact) mass is 202 g/mol. The third-order valence-corrected chi connectivity index (χ3v) is 2.42. The van der Waals surface area contributed by atoms with Gasteiger partial charge in [0.25, 0.3) is 0 Å². The molecule has 0 aliphatic heterocycles. The fourth-order valence-electron chi connectivity index (χ4n) is 0.807. The molecule has 1 aromatic carbocycles. The van der Waals surface area contributed by atoms with Crippen molar-refractivity contribution < 1.29 is 0 Å². The highest BCUT2D eigenvalue weighted by Gasteiger charge is 1.80. The van der Waals surface area contributed by atoms with E-state index in [2.05, 4.69) is 24.3 Å². The first-order valence-corrected chi connectivity index (χ1v) is 4.82. The Morgan fingerprint density at radius 2 is 1.08 bits per heavy atom. The Morgan fingerprint density at radius 3 is 1.25 bits per heavy atom. The zero-order valence-electron chi connectivity index (χ0n) is 5.31. The lowest BCUT2D eigenvalue weighted by Gasteiger charge is -1.90. The van der Waals surface area contributed by atoms with E-state index in [9.17, 15) is 0 Å². The van der Waals surface area contributed by atoms with Crippen molar-refractivity contribution in [3.05, 3.63) is 24.3 Å². The zero-order valence-corrected chi connectivity index (χ0v) is 9.31. The zero-order chi connectivity index (χ0) is 5.98. The summed E-state index contributed by atoms with van der Waals surface area (Å²) in [5, 5.41) is 3.02. The average molecular weight is 202 g/mol. The molecule has 12 heavy (non-hydrogen) atoms. The lowest BCUT2D eigenvalue weighted by atomic mass is 10.4. The fourth-order valence-corrected chi connectivity index (χ4v) is 2.68. The topological polar surface area (TPSA) is 0 Å². The normalized spacial score (nSPS) is 6.67. The van der Waals surface area contributed by atoms with E-state index in [0.29, 0.717) is 0 Å². The van der Waals surface area contributed by atoms with E-state index in [4.69, 9.17) is 0 Å². The lowest BCUT2D eigenvalue weighted by Crippen LogP contribution is -2.11. The Kier molecular flexibility index (Phi) is 20.0. The van der Waals surface area contributed by atoms with Gasteiger partial charge in [-0.3, -0.25) is 0 Å². The van der Waals surface area contributed by atoms with Crippen molar-refractivity contribution in [3.8, 4) is 0 Å². The number of hydrogen-bond acceptors (Lipinski definition) is 0. The molecule has 0 aromatic heterocycles. The third-order valence-electron chi connectivity index (χ3n) is 1.17. The van der Waals surface area contributed by atoms with Crippen LogP contribution in [0, 0.1) is 0 Å². The SMILES string of the molecule is C.C.C.C.[SiH3]c1cccc([SiH3])c1. The molecular formula is C10H26Si2. The largest absolute Gasteiger partial charge is 0.0776 e. The van der Waals surface area contributed by atoms with Gasteiger partial charge in [0.2, 0.25) is 0 Å². The standard InChI is InChI=1S/C6H10Si2.4CH4/c7-5-2-1-3-6(8)4-5;;;;/h1-4H,7-8H3;4*1H4. The molecule has 2 heteroatoms. The lowest BCUT2D eigenvalue weighted by molar-refractivity contribution is 1.84. The minimum absolute atomic E-state index is 0. The molecule has 74 valence electrons. The van der Waals surface area contributed by atoms with Crippen LogP contribution in [0.15, 0.2) is 24.3 Å². The summed E-state index contributed by atoms with van der Waals surface area (Å²) in [6.45, 7) is 0. The summed E-state index contributed by atoms with van der Waals surface area (Å²) in [4.78, 5) is 0. The van der Waals surface area contributed by atoms with E-state index in [-0.39, 0.29) is 29.7 Å². The van der Waals surface area contributed by atoms with Crippen LogP contribution in [-0.2, 0) is 0 Å². The van der Waals surface area contributed by atoms with Crippen molar-refractivity contribution in [2.24, 2.45) is 0 Å². The van der Waals surface area contributed by atoms with Crippen molar-refractivity contribution in [2.75, 3.05) is 0 Å². The third kappa shape index (κ3) is 7.76. The van der Waals surface area contributed by atoms with Crippen molar-refractivity contribution >= 4 is 30.9 Å². The molecular weight excluding hydrogens is 176 g/mol. The maximum Gasteiger partial charge on any atom is 0.0384 e. The molecule has 0 aliphatic carbocycles. The predicted octanol–water partition coefficient (Wildman–Crippen LogP) is 0.212. The second-order valence-corrected chi connectivity index (χ2v) is 4.47. The Bertz CT molecular complexity index is 168. The van der Waals surface area contributed by atoms with Crippen molar-refractivity contribution in [1.82, 2.24) is 0 Å². The highest BCUT2D eigenvalue weighted by atomic mass is 28.1. The molecule has 0 saturated heterocycles. The highest BCUT2D eigenvalue weighted by molar-refractivity contribution is 6.37. The van der Waals surface area contributed by atoms with Gasteiger partial charge >= 0.3 is 0 Å². The summed E-state index contributed by atoms with van der Waals surface area (Å²) < 4.78 is 0. The Hall–Kier alpha value is -0.346. The summed E-state index contributed by atoms with van der Waals surface area (Å²) in [6.07, 6.45) is 0. The number of benzene rings is 1. The van der Waals surface area contributed by atoms with Crippen molar-refractivity contribution in [1.29, 1.82) is 0 Å². The van der Waals surface area contributed by atoms with Crippen LogP contribution >= 0.6 is 0 Å². The van der Waals surface area contributed by atoms with Gasteiger partial charge in [0.05, 0.1) is 0 Å². The van der Waals surface area contributed by atoms with Gasteiger partial charge < -0.3 is 0 Å². The van der Waals surface area contributed by atoms with E-state index in [1.54, 1.807) is 0 Å². The molecule has 0 heterocycles. The van der Waals surface area contributed by atoms with Gasteiger partial charge in [0.1, 0.15) is 0 Å². The number of hydrogen-bond donors (Lipinski definition) is 0.